The third-order valence-corrected chi connectivity index (χ3v) is 3.96. The molecule has 0 unspecified atom stereocenters. The summed E-state index contributed by atoms with van der Waals surface area (Å²) in [7, 11) is 0. The van der Waals surface area contributed by atoms with Gasteiger partial charge in [-0.2, -0.15) is 0 Å². The van der Waals surface area contributed by atoms with Gasteiger partial charge in [-0.15, -0.1) is 0 Å². The molecule has 1 aliphatic rings. The molecule has 1 aromatic carbocycles. The number of rotatable bonds is 5. The van der Waals surface area contributed by atoms with Gasteiger partial charge >= 0.3 is 0 Å². The Morgan fingerprint density at radius 3 is 2.43 bits per heavy atom. The van der Waals surface area contributed by atoms with E-state index >= 15 is 0 Å². The van der Waals surface area contributed by atoms with Gasteiger partial charge in [-0.1, -0.05) is 32.6 Å². The third kappa shape index (κ3) is 5.03. The molecule has 3 nitrogen and oxygen atoms in total. The van der Waals surface area contributed by atoms with Gasteiger partial charge in [0.1, 0.15) is 11.6 Å². The topological polar surface area (TPSA) is 38.3 Å². The van der Waals surface area contributed by atoms with Crippen LogP contribution in [0, 0.1) is 5.82 Å². The minimum Gasteiger partial charge on any atom is -0.481 e. The molecule has 4 heteroatoms. The predicted molar refractivity (Wildman–Crippen MR) is 80.7 cm³/mol. The molecule has 1 aromatic rings. The van der Waals surface area contributed by atoms with Crippen LogP contribution in [-0.2, 0) is 4.79 Å². The van der Waals surface area contributed by atoms with Crippen LogP contribution < -0.4 is 10.1 Å². The summed E-state index contributed by atoms with van der Waals surface area (Å²) in [6.07, 6.45) is 7.07. The zero-order valence-electron chi connectivity index (χ0n) is 12.6. The molecule has 0 bridgehead atoms. The predicted octanol–water partition coefficient (Wildman–Crippen LogP) is 3.82. The van der Waals surface area contributed by atoms with Crippen LogP contribution in [0.25, 0.3) is 0 Å². The standard InChI is InChI=1S/C17H24FNO2/c1-2-16(21-15-11-9-13(18)10-12-15)17(20)19-14-7-5-3-4-6-8-14/h9-12,14,16H,2-8H2,1H3,(H,19,20)/t16-/m0/s1. The summed E-state index contributed by atoms with van der Waals surface area (Å²) in [5.74, 6) is 0.159. The van der Waals surface area contributed by atoms with Gasteiger partial charge in [0, 0.05) is 6.04 Å². The van der Waals surface area contributed by atoms with Gasteiger partial charge in [0.2, 0.25) is 0 Å². The fraction of sp³-hybridized carbons (Fsp3) is 0.588. The minimum atomic E-state index is -0.515. The second-order valence-electron chi connectivity index (χ2n) is 5.67. The maximum atomic E-state index is 12.9. The average Bonchev–Trinajstić information content (AvgIpc) is 2.75. The van der Waals surface area contributed by atoms with E-state index in [0.717, 1.165) is 12.8 Å². The smallest absolute Gasteiger partial charge is 0.261 e. The minimum absolute atomic E-state index is 0.0614. The van der Waals surface area contributed by atoms with E-state index in [4.69, 9.17) is 4.74 Å². The van der Waals surface area contributed by atoms with Crippen molar-refractivity contribution in [2.75, 3.05) is 0 Å². The lowest BCUT2D eigenvalue weighted by Crippen LogP contribution is -2.43. The summed E-state index contributed by atoms with van der Waals surface area (Å²) in [5.41, 5.74) is 0. The summed E-state index contributed by atoms with van der Waals surface area (Å²) in [4.78, 5) is 12.3. The molecule has 1 fully saturated rings. The molecule has 1 aliphatic carbocycles. The number of hydrogen-bond acceptors (Lipinski definition) is 2. The zero-order chi connectivity index (χ0) is 15.1. The van der Waals surface area contributed by atoms with E-state index in [1.165, 1.54) is 37.8 Å². The van der Waals surface area contributed by atoms with E-state index in [1.807, 2.05) is 6.92 Å². The van der Waals surface area contributed by atoms with Crippen molar-refractivity contribution < 1.29 is 13.9 Å². The Labute approximate surface area is 125 Å². The molecule has 0 saturated heterocycles. The van der Waals surface area contributed by atoms with Gasteiger partial charge in [-0.3, -0.25) is 4.79 Å². The second kappa shape index (κ2) is 8.01. The number of halogens is 1. The molecule has 0 spiro atoms. The van der Waals surface area contributed by atoms with E-state index in [-0.39, 0.29) is 17.8 Å². The van der Waals surface area contributed by atoms with Crippen molar-refractivity contribution in [3.63, 3.8) is 0 Å². The van der Waals surface area contributed by atoms with E-state index in [9.17, 15) is 9.18 Å². The van der Waals surface area contributed by atoms with Gasteiger partial charge in [-0.05, 0) is 43.5 Å². The first-order valence-electron chi connectivity index (χ1n) is 7.91. The third-order valence-electron chi connectivity index (χ3n) is 3.96. The van der Waals surface area contributed by atoms with Crippen molar-refractivity contribution in [2.24, 2.45) is 0 Å². The summed E-state index contributed by atoms with van der Waals surface area (Å²) in [6, 6.07) is 6.05. The molecule has 21 heavy (non-hydrogen) atoms. The van der Waals surface area contributed by atoms with Crippen LogP contribution in [0.1, 0.15) is 51.9 Å². The molecular weight excluding hydrogens is 269 g/mol. The fourth-order valence-electron chi connectivity index (χ4n) is 2.72. The van der Waals surface area contributed by atoms with Crippen molar-refractivity contribution in [1.82, 2.24) is 5.32 Å². The number of carbonyl (C=O) groups is 1. The van der Waals surface area contributed by atoms with E-state index in [2.05, 4.69) is 5.32 Å². The van der Waals surface area contributed by atoms with Gasteiger partial charge in [0.25, 0.3) is 5.91 Å². The Kier molecular flexibility index (Phi) is 6.03. The Morgan fingerprint density at radius 2 is 1.86 bits per heavy atom. The first-order chi connectivity index (χ1) is 10.2. The number of amides is 1. The molecule has 116 valence electrons. The van der Waals surface area contributed by atoms with Crippen LogP contribution in [0.5, 0.6) is 5.75 Å². The summed E-state index contributed by atoms with van der Waals surface area (Å²) >= 11 is 0. The Morgan fingerprint density at radius 1 is 1.24 bits per heavy atom. The van der Waals surface area contributed by atoms with E-state index < -0.39 is 6.10 Å². The molecule has 1 saturated carbocycles. The molecule has 1 N–H and O–H groups in total. The first kappa shape index (κ1) is 15.8. The number of benzene rings is 1. The Balaban J connectivity index is 1.89. The zero-order valence-corrected chi connectivity index (χ0v) is 12.6. The molecule has 0 aliphatic heterocycles. The lowest BCUT2D eigenvalue weighted by molar-refractivity contribution is -0.128. The number of nitrogens with one attached hydrogen (secondary N) is 1. The van der Waals surface area contributed by atoms with Crippen LogP contribution in [0.2, 0.25) is 0 Å². The molecule has 0 radical (unpaired) electrons. The van der Waals surface area contributed by atoms with E-state index in [1.54, 1.807) is 12.1 Å². The highest BCUT2D eigenvalue weighted by Gasteiger charge is 2.22. The molecule has 0 aromatic heterocycles. The molecule has 0 heterocycles. The molecule has 1 atom stereocenters. The van der Waals surface area contributed by atoms with E-state index in [0.29, 0.717) is 12.2 Å². The van der Waals surface area contributed by atoms with Gasteiger partial charge in [-0.25, -0.2) is 4.39 Å². The highest BCUT2D eigenvalue weighted by molar-refractivity contribution is 5.81. The van der Waals surface area contributed by atoms with Crippen LogP contribution in [-0.4, -0.2) is 18.1 Å². The summed E-state index contributed by atoms with van der Waals surface area (Å²) in [5, 5.41) is 3.10. The Hall–Kier alpha value is -1.58. The van der Waals surface area contributed by atoms with Gasteiger partial charge in [0.15, 0.2) is 6.10 Å². The molecule has 1 amide bonds. The molecule has 2 rings (SSSR count). The lowest BCUT2D eigenvalue weighted by Gasteiger charge is -2.21. The maximum absolute atomic E-state index is 12.9. The summed E-state index contributed by atoms with van der Waals surface area (Å²) < 4.78 is 18.6. The molecular formula is C17H24FNO2. The quantitative estimate of drug-likeness (QED) is 0.838. The monoisotopic (exact) mass is 293 g/mol. The second-order valence-corrected chi connectivity index (χ2v) is 5.67. The van der Waals surface area contributed by atoms with Crippen molar-refractivity contribution in [2.45, 2.75) is 64.0 Å². The van der Waals surface area contributed by atoms with Crippen LogP contribution in [0.4, 0.5) is 4.39 Å². The average molecular weight is 293 g/mol. The SMILES string of the molecule is CC[C@H](Oc1ccc(F)cc1)C(=O)NC1CCCCCC1. The summed E-state index contributed by atoms with van der Waals surface area (Å²) in [6.45, 7) is 1.92. The van der Waals surface area contributed by atoms with Crippen molar-refractivity contribution in [1.29, 1.82) is 0 Å². The van der Waals surface area contributed by atoms with Crippen LogP contribution in [0.3, 0.4) is 0 Å². The number of ether oxygens (including phenoxy) is 1. The maximum Gasteiger partial charge on any atom is 0.261 e. The normalized spacial score (nSPS) is 17.8. The van der Waals surface area contributed by atoms with Crippen molar-refractivity contribution >= 4 is 5.91 Å². The largest absolute Gasteiger partial charge is 0.481 e. The van der Waals surface area contributed by atoms with Crippen LogP contribution in [0.15, 0.2) is 24.3 Å². The van der Waals surface area contributed by atoms with Crippen molar-refractivity contribution in [3.05, 3.63) is 30.1 Å². The van der Waals surface area contributed by atoms with Gasteiger partial charge in [0.05, 0.1) is 0 Å². The lowest BCUT2D eigenvalue weighted by atomic mass is 10.1. The highest BCUT2D eigenvalue weighted by Crippen LogP contribution is 2.18. The Bertz CT molecular complexity index is 439. The van der Waals surface area contributed by atoms with Crippen LogP contribution >= 0.6 is 0 Å². The van der Waals surface area contributed by atoms with Crippen molar-refractivity contribution in [3.8, 4) is 5.75 Å². The highest BCUT2D eigenvalue weighted by atomic mass is 19.1. The first-order valence-corrected chi connectivity index (χ1v) is 7.91. The van der Waals surface area contributed by atoms with Gasteiger partial charge < -0.3 is 10.1 Å². The number of carbonyl (C=O) groups excluding carboxylic acids is 1. The fourth-order valence-corrected chi connectivity index (χ4v) is 2.72. The number of hydrogen-bond donors (Lipinski definition) is 1.